The molecule has 0 saturated carbocycles. The Morgan fingerprint density at radius 3 is 2.83 bits per heavy atom. The molecular weight excluding hydrogens is 366 g/mol. The van der Waals surface area contributed by atoms with Crippen molar-refractivity contribution in [1.82, 2.24) is 25.2 Å². The molecule has 1 fully saturated rings. The van der Waals surface area contributed by atoms with Gasteiger partial charge in [0.05, 0.1) is 19.2 Å². The Balaban J connectivity index is 1.39. The van der Waals surface area contributed by atoms with Crippen molar-refractivity contribution in [3.63, 3.8) is 0 Å². The van der Waals surface area contributed by atoms with Gasteiger partial charge in [-0.15, -0.1) is 5.10 Å². The van der Waals surface area contributed by atoms with Gasteiger partial charge in [0.2, 0.25) is 0 Å². The average molecular weight is 393 g/mol. The summed E-state index contributed by atoms with van der Waals surface area (Å²) in [6.07, 6.45) is 3.84. The predicted molar refractivity (Wildman–Crippen MR) is 112 cm³/mol. The Bertz CT molecular complexity index is 978. The van der Waals surface area contributed by atoms with Crippen LogP contribution in [0.4, 0.5) is 0 Å². The summed E-state index contributed by atoms with van der Waals surface area (Å²) in [6, 6.07) is 13.4. The molecule has 2 heterocycles. The largest absolute Gasteiger partial charge is 0.497 e. The molecule has 4 rings (SSSR count). The molecule has 152 valence electrons. The van der Waals surface area contributed by atoms with Crippen LogP contribution in [0.2, 0.25) is 0 Å². The molecule has 0 bridgehead atoms. The minimum absolute atomic E-state index is 0.0637. The summed E-state index contributed by atoms with van der Waals surface area (Å²) in [5.41, 5.74) is 3.31. The first-order chi connectivity index (χ1) is 14.2. The second-order valence-corrected chi connectivity index (χ2v) is 7.46. The maximum Gasteiger partial charge on any atom is 0.251 e. The molecule has 1 amide bonds. The maximum atomic E-state index is 12.5. The van der Waals surface area contributed by atoms with Crippen LogP contribution in [0, 0.1) is 0 Å². The Morgan fingerprint density at radius 1 is 1.14 bits per heavy atom. The minimum Gasteiger partial charge on any atom is -0.497 e. The van der Waals surface area contributed by atoms with Crippen LogP contribution in [-0.4, -0.2) is 59.1 Å². The van der Waals surface area contributed by atoms with Crippen LogP contribution in [0.5, 0.6) is 5.75 Å². The highest BCUT2D eigenvalue weighted by molar-refractivity contribution is 5.97. The van der Waals surface area contributed by atoms with Crippen molar-refractivity contribution in [2.45, 2.75) is 25.8 Å². The number of hydrogen-bond acceptors (Lipinski definition) is 5. The van der Waals surface area contributed by atoms with E-state index >= 15 is 0 Å². The minimum atomic E-state index is -0.0637. The Labute approximate surface area is 170 Å². The lowest BCUT2D eigenvalue weighted by atomic mass is 10.1. The third-order valence-electron chi connectivity index (χ3n) is 5.40. The van der Waals surface area contributed by atoms with E-state index in [1.54, 1.807) is 13.2 Å². The number of methoxy groups -OCH3 is 1. The van der Waals surface area contributed by atoms with E-state index in [2.05, 4.69) is 20.5 Å². The number of aromatic nitrogens is 3. The zero-order chi connectivity index (χ0) is 20.1. The van der Waals surface area contributed by atoms with Crippen LogP contribution in [0.15, 0.2) is 42.5 Å². The Hall–Kier alpha value is -2.93. The molecule has 7 nitrogen and oxygen atoms in total. The summed E-state index contributed by atoms with van der Waals surface area (Å²) in [5, 5.41) is 11.5. The van der Waals surface area contributed by atoms with Crippen molar-refractivity contribution in [2.75, 3.05) is 33.3 Å². The number of rotatable bonds is 7. The molecule has 3 aromatic rings. The highest BCUT2D eigenvalue weighted by Crippen LogP contribution is 2.17. The zero-order valence-corrected chi connectivity index (χ0v) is 16.8. The van der Waals surface area contributed by atoms with E-state index in [0.717, 1.165) is 42.0 Å². The van der Waals surface area contributed by atoms with Gasteiger partial charge in [0.1, 0.15) is 11.3 Å². The first-order valence-corrected chi connectivity index (χ1v) is 10.2. The number of carbonyl (C=O) groups is 1. The van der Waals surface area contributed by atoms with E-state index in [1.165, 1.54) is 19.3 Å². The fraction of sp³-hybridized carbons (Fsp3) is 0.409. The third-order valence-corrected chi connectivity index (χ3v) is 5.40. The zero-order valence-electron chi connectivity index (χ0n) is 16.8. The van der Waals surface area contributed by atoms with Gasteiger partial charge < -0.3 is 15.0 Å². The van der Waals surface area contributed by atoms with E-state index in [1.807, 2.05) is 41.1 Å². The average Bonchev–Trinajstić information content (AvgIpc) is 3.16. The lowest BCUT2D eigenvalue weighted by Gasteiger charge is -2.26. The van der Waals surface area contributed by atoms with Gasteiger partial charge >= 0.3 is 0 Å². The molecule has 2 aromatic carbocycles. The first-order valence-electron chi connectivity index (χ1n) is 10.2. The van der Waals surface area contributed by atoms with Crippen LogP contribution < -0.4 is 10.1 Å². The summed E-state index contributed by atoms with van der Waals surface area (Å²) in [5.74, 6) is 0.752. The second kappa shape index (κ2) is 9.05. The number of nitrogens with zero attached hydrogens (tertiary/aromatic N) is 4. The standard InChI is InChI=1S/C22H27N5O2/c1-29-19-7-5-6-17(14-19)16-27-21-9-8-18(15-20(21)24-25-27)22(28)23-10-13-26-11-3-2-4-12-26/h5-9,14-15H,2-4,10-13,16H2,1H3,(H,23,28). The van der Waals surface area contributed by atoms with Gasteiger partial charge in [-0.3, -0.25) is 4.79 Å². The van der Waals surface area contributed by atoms with E-state index in [-0.39, 0.29) is 5.91 Å². The van der Waals surface area contributed by atoms with Crippen molar-refractivity contribution in [1.29, 1.82) is 0 Å². The number of ether oxygens (including phenoxy) is 1. The lowest BCUT2D eigenvalue weighted by molar-refractivity contribution is 0.0946. The van der Waals surface area contributed by atoms with Gasteiger partial charge in [-0.2, -0.15) is 0 Å². The summed E-state index contributed by atoms with van der Waals surface area (Å²) < 4.78 is 7.12. The second-order valence-electron chi connectivity index (χ2n) is 7.46. The number of hydrogen-bond donors (Lipinski definition) is 1. The van der Waals surface area contributed by atoms with Gasteiger partial charge in [-0.25, -0.2) is 4.68 Å². The number of piperidine rings is 1. The molecule has 0 radical (unpaired) electrons. The van der Waals surface area contributed by atoms with E-state index in [9.17, 15) is 4.79 Å². The van der Waals surface area contributed by atoms with Crippen LogP contribution >= 0.6 is 0 Å². The number of fused-ring (bicyclic) bond motifs is 1. The normalized spacial score (nSPS) is 14.8. The molecule has 29 heavy (non-hydrogen) atoms. The highest BCUT2D eigenvalue weighted by atomic mass is 16.5. The maximum absolute atomic E-state index is 12.5. The molecule has 1 saturated heterocycles. The van der Waals surface area contributed by atoms with Crippen molar-refractivity contribution in [3.05, 3.63) is 53.6 Å². The summed E-state index contributed by atoms with van der Waals surface area (Å²) in [4.78, 5) is 14.9. The number of benzene rings is 2. The topological polar surface area (TPSA) is 72.3 Å². The number of nitrogens with one attached hydrogen (secondary N) is 1. The number of amides is 1. The molecule has 0 spiro atoms. The van der Waals surface area contributed by atoms with Crippen molar-refractivity contribution >= 4 is 16.9 Å². The smallest absolute Gasteiger partial charge is 0.251 e. The van der Waals surface area contributed by atoms with Gasteiger partial charge in [-0.1, -0.05) is 23.8 Å². The summed E-state index contributed by atoms with van der Waals surface area (Å²) in [6.45, 7) is 4.44. The van der Waals surface area contributed by atoms with E-state index in [0.29, 0.717) is 18.7 Å². The van der Waals surface area contributed by atoms with Gasteiger partial charge in [0.25, 0.3) is 5.91 Å². The third kappa shape index (κ3) is 4.74. The van der Waals surface area contributed by atoms with Crippen LogP contribution in [0.3, 0.4) is 0 Å². The Kier molecular flexibility index (Phi) is 6.05. The molecular formula is C22H27N5O2. The molecule has 1 aliphatic rings. The molecule has 1 aliphatic heterocycles. The quantitative estimate of drug-likeness (QED) is 0.668. The molecule has 1 aromatic heterocycles. The Morgan fingerprint density at radius 2 is 2.00 bits per heavy atom. The van der Waals surface area contributed by atoms with Gasteiger partial charge in [0, 0.05) is 18.7 Å². The predicted octanol–water partition coefficient (Wildman–Crippen LogP) is 2.70. The van der Waals surface area contributed by atoms with Gasteiger partial charge in [-0.05, 0) is 61.8 Å². The lowest BCUT2D eigenvalue weighted by Crippen LogP contribution is -2.37. The first kappa shape index (κ1) is 19.4. The van der Waals surface area contributed by atoms with Gasteiger partial charge in [0.15, 0.2) is 0 Å². The highest BCUT2D eigenvalue weighted by Gasteiger charge is 2.13. The molecule has 1 N–H and O–H groups in total. The van der Waals surface area contributed by atoms with Crippen molar-refractivity contribution in [3.8, 4) is 5.75 Å². The summed E-state index contributed by atoms with van der Waals surface area (Å²) >= 11 is 0. The fourth-order valence-electron chi connectivity index (χ4n) is 3.79. The monoisotopic (exact) mass is 393 g/mol. The van der Waals surface area contributed by atoms with E-state index < -0.39 is 0 Å². The van der Waals surface area contributed by atoms with Crippen molar-refractivity contribution < 1.29 is 9.53 Å². The summed E-state index contributed by atoms with van der Waals surface area (Å²) in [7, 11) is 1.66. The number of carbonyl (C=O) groups excluding carboxylic acids is 1. The molecule has 0 atom stereocenters. The van der Waals surface area contributed by atoms with Crippen LogP contribution in [0.25, 0.3) is 11.0 Å². The van der Waals surface area contributed by atoms with E-state index in [4.69, 9.17) is 4.74 Å². The molecule has 0 unspecified atom stereocenters. The number of likely N-dealkylation sites (tertiary alicyclic amines) is 1. The van der Waals surface area contributed by atoms with Crippen LogP contribution in [0.1, 0.15) is 35.2 Å². The molecule has 7 heteroatoms. The van der Waals surface area contributed by atoms with Crippen molar-refractivity contribution in [2.24, 2.45) is 0 Å². The molecule has 0 aliphatic carbocycles. The SMILES string of the molecule is COc1cccc(Cn2nnc3cc(C(=O)NCCN4CCCCC4)ccc32)c1. The van der Waals surface area contributed by atoms with Crippen LogP contribution in [-0.2, 0) is 6.54 Å². The fourth-order valence-corrected chi connectivity index (χ4v) is 3.79.